The van der Waals surface area contributed by atoms with E-state index in [0.29, 0.717) is 19.0 Å². The number of rotatable bonds is 5. The van der Waals surface area contributed by atoms with Crippen LogP contribution in [0.3, 0.4) is 0 Å². The Kier molecular flexibility index (Phi) is 4.31. The first kappa shape index (κ1) is 14.2. The third-order valence-corrected chi connectivity index (χ3v) is 6.41. The number of nitrogens with two attached hydrogens (primary N) is 1. The molecule has 18 heavy (non-hydrogen) atoms. The van der Waals surface area contributed by atoms with Crippen LogP contribution < -0.4 is 5.73 Å². The first-order valence-electron chi connectivity index (χ1n) is 6.93. The van der Waals surface area contributed by atoms with Crippen LogP contribution >= 0.6 is 0 Å². The number of hydrogen-bond acceptors (Lipinski definition) is 3. The fourth-order valence-electron chi connectivity index (χ4n) is 2.87. The molecular weight excluding hydrogens is 250 g/mol. The second-order valence-electron chi connectivity index (χ2n) is 5.62. The van der Waals surface area contributed by atoms with Gasteiger partial charge in [0.15, 0.2) is 0 Å². The maximum Gasteiger partial charge on any atom is 0.282 e. The average molecular weight is 275 g/mol. The zero-order valence-corrected chi connectivity index (χ0v) is 12.2. The van der Waals surface area contributed by atoms with E-state index in [1.54, 1.807) is 11.4 Å². The Bertz CT molecular complexity index is 381. The molecule has 2 unspecified atom stereocenters. The lowest BCUT2D eigenvalue weighted by Crippen LogP contribution is -2.53. The maximum absolute atomic E-state index is 12.6. The molecule has 106 valence electrons. The minimum atomic E-state index is -3.34. The SMILES string of the molecule is CC1CCCCN1S(=O)(=O)N(C)C(CN)C1CC1. The standard InChI is InChI=1S/C12H25N3O2S/c1-10-5-3-4-8-15(10)18(16,17)14(2)12(9-13)11-6-7-11/h10-12H,3-9,13H2,1-2H3. The lowest BCUT2D eigenvalue weighted by molar-refractivity contribution is 0.234. The van der Waals surface area contributed by atoms with Crippen LogP contribution in [0.4, 0.5) is 0 Å². The van der Waals surface area contributed by atoms with Gasteiger partial charge in [0.25, 0.3) is 10.2 Å². The van der Waals surface area contributed by atoms with Crippen molar-refractivity contribution in [1.82, 2.24) is 8.61 Å². The monoisotopic (exact) mass is 275 g/mol. The van der Waals surface area contributed by atoms with Crippen molar-refractivity contribution in [2.75, 3.05) is 20.1 Å². The zero-order chi connectivity index (χ0) is 13.3. The molecule has 1 aliphatic carbocycles. The van der Waals surface area contributed by atoms with Crippen molar-refractivity contribution in [3.63, 3.8) is 0 Å². The second-order valence-corrected chi connectivity index (χ2v) is 7.56. The fraction of sp³-hybridized carbons (Fsp3) is 1.00. The summed E-state index contributed by atoms with van der Waals surface area (Å²) in [6, 6.07) is 0.0907. The molecule has 0 radical (unpaired) electrons. The summed E-state index contributed by atoms with van der Waals surface area (Å²) in [5, 5.41) is 0. The van der Waals surface area contributed by atoms with Gasteiger partial charge in [-0.2, -0.15) is 17.0 Å². The Labute approximate surface area is 110 Å². The van der Waals surface area contributed by atoms with Crippen molar-refractivity contribution in [1.29, 1.82) is 0 Å². The smallest absolute Gasteiger partial charge is 0.282 e. The van der Waals surface area contributed by atoms with E-state index in [-0.39, 0.29) is 12.1 Å². The molecule has 0 aromatic rings. The largest absolute Gasteiger partial charge is 0.329 e. The Morgan fingerprint density at radius 2 is 2.00 bits per heavy atom. The van der Waals surface area contributed by atoms with Crippen LogP contribution in [0.1, 0.15) is 39.0 Å². The molecule has 2 fully saturated rings. The van der Waals surface area contributed by atoms with Gasteiger partial charge in [-0.25, -0.2) is 0 Å². The van der Waals surface area contributed by atoms with Crippen molar-refractivity contribution < 1.29 is 8.42 Å². The molecule has 0 amide bonds. The van der Waals surface area contributed by atoms with Gasteiger partial charge in [0.1, 0.15) is 0 Å². The van der Waals surface area contributed by atoms with E-state index in [1.165, 1.54) is 4.31 Å². The van der Waals surface area contributed by atoms with Crippen LogP contribution in [0.25, 0.3) is 0 Å². The van der Waals surface area contributed by atoms with Crippen molar-refractivity contribution in [3.05, 3.63) is 0 Å². The minimum absolute atomic E-state index is 0.0240. The van der Waals surface area contributed by atoms with E-state index in [2.05, 4.69) is 0 Å². The summed E-state index contributed by atoms with van der Waals surface area (Å²) in [4.78, 5) is 0. The molecule has 5 nitrogen and oxygen atoms in total. The van der Waals surface area contributed by atoms with Crippen molar-refractivity contribution in [2.24, 2.45) is 11.7 Å². The second kappa shape index (κ2) is 5.45. The van der Waals surface area contributed by atoms with Gasteiger partial charge in [-0.15, -0.1) is 0 Å². The third-order valence-electron chi connectivity index (χ3n) is 4.28. The van der Waals surface area contributed by atoms with Gasteiger partial charge < -0.3 is 5.73 Å². The Morgan fingerprint density at radius 1 is 1.33 bits per heavy atom. The molecule has 0 spiro atoms. The van der Waals surface area contributed by atoms with Crippen LogP contribution in [0.15, 0.2) is 0 Å². The van der Waals surface area contributed by atoms with Gasteiger partial charge in [0, 0.05) is 32.2 Å². The summed E-state index contributed by atoms with van der Waals surface area (Å²) in [6.45, 7) is 3.07. The van der Waals surface area contributed by atoms with E-state index in [0.717, 1.165) is 32.1 Å². The van der Waals surface area contributed by atoms with Gasteiger partial charge in [0.2, 0.25) is 0 Å². The van der Waals surface area contributed by atoms with E-state index in [4.69, 9.17) is 5.73 Å². The molecule has 0 aromatic heterocycles. The third kappa shape index (κ3) is 2.71. The maximum atomic E-state index is 12.6. The average Bonchev–Trinajstić information content (AvgIpc) is 3.14. The quantitative estimate of drug-likeness (QED) is 0.806. The Balaban J connectivity index is 2.13. The summed E-state index contributed by atoms with van der Waals surface area (Å²) in [5.74, 6) is 0.467. The van der Waals surface area contributed by atoms with Gasteiger partial charge in [-0.3, -0.25) is 0 Å². The highest BCUT2D eigenvalue weighted by atomic mass is 32.2. The van der Waals surface area contributed by atoms with Gasteiger partial charge in [-0.1, -0.05) is 6.42 Å². The van der Waals surface area contributed by atoms with E-state index >= 15 is 0 Å². The number of nitrogens with zero attached hydrogens (tertiary/aromatic N) is 2. The van der Waals surface area contributed by atoms with E-state index < -0.39 is 10.2 Å². The van der Waals surface area contributed by atoms with Crippen molar-refractivity contribution >= 4 is 10.2 Å². The summed E-state index contributed by atoms with van der Waals surface area (Å²) >= 11 is 0. The van der Waals surface area contributed by atoms with Crippen LogP contribution in [0.2, 0.25) is 0 Å². The number of likely N-dealkylation sites (N-methyl/N-ethyl adjacent to an activating group) is 1. The lowest BCUT2D eigenvalue weighted by atomic mass is 10.1. The summed E-state index contributed by atoms with van der Waals surface area (Å²) < 4.78 is 28.4. The van der Waals surface area contributed by atoms with Crippen LogP contribution in [0.5, 0.6) is 0 Å². The number of piperidine rings is 1. The van der Waals surface area contributed by atoms with Crippen molar-refractivity contribution in [3.8, 4) is 0 Å². The normalized spacial score (nSPS) is 28.6. The van der Waals surface area contributed by atoms with E-state index in [9.17, 15) is 8.42 Å². The highest BCUT2D eigenvalue weighted by molar-refractivity contribution is 7.86. The predicted octanol–water partition coefficient (Wildman–Crippen LogP) is 0.775. The molecule has 0 aromatic carbocycles. The highest BCUT2D eigenvalue weighted by Gasteiger charge is 2.41. The molecule has 1 heterocycles. The fourth-order valence-corrected chi connectivity index (χ4v) is 4.72. The number of hydrogen-bond donors (Lipinski definition) is 1. The van der Waals surface area contributed by atoms with Crippen molar-refractivity contribution in [2.45, 2.75) is 51.1 Å². The molecule has 2 rings (SSSR count). The zero-order valence-electron chi connectivity index (χ0n) is 11.4. The molecule has 1 saturated heterocycles. The van der Waals surface area contributed by atoms with Gasteiger partial charge in [0.05, 0.1) is 0 Å². The topological polar surface area (TPSA) is 66.6 Å². The van der Waals surface area contributed by atoms with Crippen LogP contribution in [-0.4, -0.2) is 49.2 Å². The minimum Gasteiger partial charge on any atom is -0.329 e. The molecule has 1 aliphatic heterocycles. The van der Waals surface area contributed by atoms with Crippen LogP contribution in [0, 0.1) is 5.92 Å². The van der Waals surface area contributed by atoms with Gasteiger partial charge >= 0.3 is 0 Å². The molecule has 0 bridgehead atoms. The Morgan fingerprint density at radius 3 is 2.50 bits per heavy atom. The Hall–Kier alpha value is -0.170. The molecule has 2 aliphatic rings. The molecule has 2 atom stereocenters. The lowest BCUT2D eigenvalue weighted by Gasteiger charge is -2.37. The van der Waals surface area contributed by atoms with Crippen LogP contribution in [-0.2, 0) is 10.2 Å². The molecule has 1 saturated carbocycles. The highest BCUT2D eigenvalue weighted by Crippen LogP contribution is 2.36. The molecule has 6 heteroatoms. The molecule has 2 N–H and O–H groups in total. The van der Waals surface area contributed by atoms with Gasteiger partial charge in [-0.05, 0) is 38.5 Å². The van der Waals surface area contributed by atoms with E-state index in [1.807, 2.05) is 6.92 Å². The molecular formula is C12H25N3O2S. The first-order valence-corrected chi connectivity index (χ1v) is 8.33. The summed E-state index contributed by atoms with van der Waals surface area (Å²) in [6.07, 6.45) is 5.27. The summed E-state index contributed by atoms with van der Waals surface area (Å²) in [5.41, 5.74) is 5.75. The predicted molar refractivity (Wildman–Crippen MR) is 72.3 cm³/mol. The first-order chi connectivity index (χ1) is 8.48. The summed E-state index contributed by atoms with van der Waals surface area (Å²) in [7, 11) is -1.65.